The maximum Gasteiger partial charge on any atom is 0.278 e. The van der Waals surface area contributed by atoms with Crippen LogP contribution in [0.15, 0.2) is 36.4 Å². The van der Waals surface area contributed by atoms with Gasteiger partial charge in [0.05, 0.1) is 10.5 Å². The third-order valence-corrected chi connectivity index (χ3v) is 3.37. The number of hydrogen-bond donors (Lipinski definition) is 1. The average Bonchev–Trinajstić information content (AvgIpc) is 2.77. The van der Waals surface area contributed by atoms with E-state index in [-0.39, 0.29) is 10.6 Å². The lowest BCUT2D eigenvalue weighted by atomic mass is 10.1. The van der Waals surface area contributed by atoms with Crippen molar-refractivity contribution in [3.8, 4) is 10.4 Å². The van der Waals surface area contributed by atoms with Gasteiger partial charge in [-0.3, -0.25) is 10.1 Å². The predicted molar refractivity (Wildman–Crippen MR) is 64.3 cm³/mol. The third kappa shape index (κ3) is 1.95. The first-order valence-corrected chi connectivity index (χ1v) is 5.56. The van der Waals surface area contributed by atoms with Crippen LogP contribution in [0.1, 0.15) is 4.88 Å². The molecule has 0 aliphatic rings. The van der Waals surface area contributed by atoms with Crippen molar-refractivity contribution in [1.29, 1.82) is 0 Å². The zero-order valence-electron chi connectivity index (χ0n) is 8.42. The number of nitrogens with two attached hydrogens (primary N) is 1. The molecule has 0 aliphatic heterocycles. The molecule has 0 atom stereocenters. The van der Waals surface area contributed by atoms with Crippen molar-refractivity contribution < 1.29 is 4.92 Å². The molecule has 82 valence electrons. The van der Waals surface area contributed by atoms with Crippen LogP contribution in [0, 0.1) is 10.1 Å². The van der Waals surface area contributed by atoms with Crippen molar-refractivity contribution >= 4 is 17.0 Å². The van der Waals surface area contributed by atoms with E-state index >= 15 is 0 Å². The monoisotopic (exact) mass is 234 g/mol. The topological polar surface area (TPSA) is 69.2 Å². The molecule has 2 rings (SSSR count). The summed E-state index contributed by atoms with van der Waals surface area (Å²) in [6.45, 7) is 0.464. The zero-order chi connectivity index (χ0) is 11.5. The van der Waals surface area contributed by atoms with E-state index in [1.165, 1.54) is 17.4 Å². The van der Waals surface area contributed by atoms with E-state index in [2.05, 4.69) is 0 Å². The van der Waals surface area contributed by atoms with Crippen LogP contribution >= 0.6 is 11.3 Å². The first-order chi connectivity index (χ1) is 7.72. The molecule has 0 amide bonds. The first-order valence-electron chi connectivity index (χ1n) is 4.75. The van der Waals surface area contributed by atoms with Gasteiger partial charge in [0.2, 0.25) is 0 Å². The molecule has 0 fully saturated rings. The van der Waals surface area contributed by atoms with Crippen molar-refractivity contribution in [2.24, 2.45) is 5.73 Å². The summed E-state index contributed by atoms with van der Waals surface area (Å²) < 4.78 is 0. The van der Waals surface area contributed by atoms with E-state index < -0.39 is 0 Å². The molecule has 1 heterocycles. The summed E-state index contributed by atoms with van der Waals surface area (Å²) in [5.41, 5.74) is 6.30. The summed E-state index contributed by atoms with van der Waals surface area (Å²) >= 11 is 1.49. The fraction of sp³-hybridized carbons (Fsp3) is 0.0909. The van der Waals surface area contributed by atoms with Gasteiger partial charge in [0.25, 0.3) is 5.69 Å². The minimum Gasteiger partial charge on any atom is -0.326 e. The van der Waals surface area contributed by atoms with Gasteiger partial charge in [-0.2, -0.15) is 0 Å². The third-order valence-electron chi connectivity index (χ3n) is 2.23. The second-order valence-electron chi connectivity index (χ2n) is 3.24. The molecular weight excluding hydrogens is 224 g/mol. The van der Waals surface area contributed by atoms with Gasteiger partial charge in [-0.1, -0.05) is 12.1 Å². The smallest absolute Gasteiger partial charge is 0.278 e. The Bertz CT molecular complexity index is 522. The fourth-order valence-corrected chi connectivity index (χ4v) is 2.39. The number of rotatable bonds is 3. The summed E-state index contributed by atoms with van der Waals surface area (Å²) in [4.78, 5) is 12.4. The summed E-state index contributed by atoms with van der Waals surface area (Å²) in [6, 6.07) is 10.5. The Hall–Kier alpha value is -1.72. The van der Waals surface area contributed by atoms with Gasteiger partial charge < -0.3 is 5.73 Å². The standard InChI is InChI=1S/C11H10N2O2S/c12-7-8-5-6-11(16-8)9-3-1-2-4-10(9)13(14)15/h1-6H,7,12H2. The number of benzene rings is 1. The van der Waals surface area contributed by atoms with Crippen LogP contribution in [0.25, 0.3) is 10.4 Å². The van der Waals surface area contributed by atoms with E-state index in [1.807, 2.05) is 12.1 Å². The number of hydrogen-bond acceptors (Lipinski definition) is 4. The fourth-order valence-electron chi connectivity index (χ4n) is 1.47. The summed E-state index contributed by atoms with van der Waals surface area (Å²) in [5.74, 6) is 0. The van der Waals surface area contributed by atoms with Gasteiger partial charge in [-0.15, -0.1) is 11.3 Å². The minimum absolute atomic E-state index is 0.132. The molecule has 5 heteroatoms. The molecule has 0 radical (unpaired) electrons. The van der Waals surface area contributed by atoms with Crippen molar-refractivity contribution in [3.05, 3.63) is 51.4 Å². The highest BCUT2D eigenvalue weighted by Gasteiger charge is 2.15. The Balaban J connectivity index is 2.50. The molecule has 0 saturated heterocycles. The SMILES string of the molecule is NCc1ccc(-c2ccccc2[N+](=O)[O-])s1. The lowest BCUT2D eigenvalue weighted by Gasteiger charge is -1.98. The zero-order valence-corrected chi connectivity index (χ0v) is 9.24. The van der Waals surface area contributed by atoms with Crippen LogP contribution in [0.5, 0.6) is 0 Å². The molecule has 1 aromatic carbocycles. The van der Waals surface area contributed by atoms with E-state index in [1.54, 1.807) is 18.2 Å². The Morgan fingerprint density at radius 3 is 2.62 bits per heavy atom. The maximum absolute atomic E-state index is 10.9. The Morgan fingerprint density at radius 1 is 1.25 bits per heavy atom. The van der Waals surface area contributed by atoms with Crippen LogP contribution in [0.2, 0.25) is 0 Å². The van der Waals surface area contributed by atoms with Crippen LogP contribution in [0.4, 0.5) is 5.69 Å². The highest BCUT2D eigenvalue weighted by atomic mass is 32.1. The summed E-state index contributed by atoms with van der Waals surface area (Å²) in [7, 11) is 0. The normalized spacial score (nSPS) is 10.3. The molecule has 2 aromatic rings. The van der Waals surface area contributed by atoms with Gasteiger partial charge in [0.1, 0.15) is 0 Å². The molecule has 0 saturated carbocycles. The van der Waals surface area contributed by atoms with Crippen LogP contribution < -0.4 is 5.73 Å². The molecule has 2 N–H and O–H groups in total. The molecule has 16 heavy (non-hydrogen) atoms. The van der Waals surface area contributed by atoms with Gasteiger partial charge >= 0.3 is 0 Å². The lowest BCUT2D eigenvalue weighted by Crippen LogP contribution is -1.91. The molecule has 4 nitrogen and oxygen atoms in total. The number of nitrogens with zero attached hydrogens (tertiary/aromatic N) is 1. The van der Waals surface area contributed by atoms with E-state index in [0.29, 0.717) is 12.1 Å². The van der Waals surface area contributed by atoms with Crippen LogP contribution in [-0.2, 0) is 6.54 Å². The van der Waals surface area contributed by atoms with Crippen LogP contribution in [-0.4, -0.2) is 4.92 Å². The van der Waals surface area contributed by atoms with Gasteiger partial charge in [0, 0.05) is 22.4 Å². The van der Waals surface area contributed by atoms with Crippen molar-refractivity contribution in [1.82, 2.24) is 0 Å². The highest BCUT2D eigenvalue weighted by Crippen LogP contribution is 2.34. The average molecular weight is 234 g/mol. The Morgan fingerprint density at radius 2 is 2.00 bits per heavy atom. The van der Waals surface area contributed by atoms with Gasteiger partial charge in [0.15, 0.2) is 0 Å². The van der Waals surface area contributed by atoms with Crippen molar-refractivity contribution in [2.75, 3.05) is 0 Å². The summed E-state index contributed by atoms with van der Waals surface area (Å²) in [5, 5.41) is 10.9. The largest absolute Gasteiger partial charge is 0.326 e. The van der Waals surface area contributed by atoms with Crippen molar-refractivity contribution in [2.45, 2.75) is 6.54 Å². The highest BCUT2D eigenvalue weighted by molar-refractivity contribution is 7.15. The molecule has 0 bridgehead atoms. The minimum atomic E-state index is -0.364. The van der Waals surface area contributed by atoms with Crippen LogP contribution in [0.3, 0.4) is 0 Å². The first kappa shape index (κ1) is 10.8. The van der Waals surface area contributed by atoms with Crippen molar-refractivity contribution in [3.63, 3.8) is 0 Å². The van der Waals surface area contributed by atoms with E-state index in [4.69, 9.17) is 5.73 Å². The number of nitro benzene ring substituents is 1. The molecule has 1 aromatic heterocycles. The maximum atomic E-state index is 10.9. The van der Waals surface area contributed by atoms with Gasteiger partial charge in [-0.05, 0) is 18.2 Å². The van der Waals surface area contributed by atoms with E-state index in [0.717, 1.165) is 9.75 Å². The second kappa shape index (κ2) is 4.42. The Labute approximate surface area is 96.5 Å². The molecule has 0 unspecified atom stereocenters. The summed E-state index contributed by atoms with van der Waals surface area (Å²) in [6.07, 6.45) is 0. The van der Waals surface area contributed by atoms with Gasteiger partial charge in [-0.25, -0.2) is 0 Å². The molecule has 0 aliphatic carbocycles. The second-order valence-corrected chi connectivity index (χ2v) is 4.41. The number of para-hydroxylation sites is 1. The quantitative estimate of drug-likeness (QED) is 0.655. The lowest BCUT2D eigenvalue weighted by molar-refractivity contribution is -0.384. The predicted octanol–water partition coefficient (Wildman–Crippen LogP) is 2.78. The number of nitro groups is 1. The van der Waals surface area contributed by atoms with E-state index in [9.17, 15) is 10.1 Å². The number of thiophene rings is 1. The molecule has 0 spiro atoms. The Kier molecular flexibility index (Phi) is 2.98. The molecular formula is C11H10N2O2S.